The molecule has 3 N–H and O–H groups in total. The topological polar surface area (TPSA) is 65.0 Å². The van der Waals surface area contributed by atoms with Gasteiger partial charge in [-0.25, -0.2) is 0 Å². The number of aliphatic hydroxyl groups excluding tert-OH is 2. The largest absolute Gasteiger partial charge is 0.394 e. The Morgan fingerprint density at radius 2 is 1.89 bits per heavy atom. The summed E-state index contributed by atoms with van der Waals surface area (Å²) in [5.41, 5.74) is 0. The Labute approximate surface area is 115 Å². The standard InChI is InChI=1S/C14H28N2O3/c1-10(2)15-8-11-13(14(18)12(9-17)19-11)16-6-4-3-5-7-16/h10-15,17-18H,3-9H2,1-2H3/t11-,12+,13+,14-/m1/s1. The van der Waals surface area contributed by atoms with Gasteiger partial charge in [0.05, 0.1) is 18.8 Å². The van der Waals surface area contributed by atoms with E-state index in [1.54, 1.807) is 0 Å². The normalized spacial score (nSPS) is 37.1. The molecule has 0 bridgehead atoms. The molecule has 2 heterocycles. The number of nitrogens with zero attached hydrogens (tertiary/aromatic N) is 1. The van der Waals surface area contributed by atoms with E-state index in [2.05, 4.69) is 24.1 Å². The average Bonchev–Trinajstić information content (AvgIpc) is 2.73. The van der Waals surface area contributed by atoms with Crippen molar-refractivity contribution in [2.24, 2.45) is 0 Å². The smallest absolute Gasteiger partial charge is 0.109 e. The third-order valence-corrected chi connectivity index (χ3v) is 4.18. The minimum atomic E-state index is -0.581. The maximum absolute atomic E-state index is 10.4. The summed E-state index contributed by atoms with van der Waals surface area (Å²) in [5, 5.41) is 23.1. The highest BCUT2D eigenvalue weighted by Crippen LogP contribution is 2.27. The van der Waals surface area contributed by atoms with E-state index in [-0.39, 0.29) is 18.8 Å². The zero-order chi connectivity index (χ0) is 13.8. The van der Waals surface area contributed by atoms with Crippen LogP contribution in [-0.4, -0.2) is 71.7 Å². The minimum absolute atomic E-state index is 0.0173. The van der Waals surface area contributed by atoms with Crippen molar-refractivity contribution in [2.75, 3.05) is 26.2 Å². The highest BCUT2D eigenvalue weighted by atomic mass is 16.5. The van der Waals surface area contributed by atoms with Gasteiger partial charge in [-0.3, -0.25) is 4.90 Å². The van der Waals surface area contributed by atoms with E-state index in [0.717, 1.165) is 19.6 Å². The lowest BCUT2D eigenvalue weighted by Gasteiger charge is -2.36. The van der Waals surface area contributed by atoms with E-state index in [1.165, 1.54) is 19.3 Å². The van der Waals surface area contributed by atoms with Crippen molar-refractivity contribution in [3.8, 4) is 0 Å². The molecule has 2 aliphatic heterocycles. The molecular weight excluding hydrogens is 244 g/mol. The van der Waals surface area contributed by atoms with Crippen LogP contribution in [0.4, 0.5) is 0 Å². The number of ether oxygens (including phenoxy) is 1. The molecule has 0 aromatic heterocycles. The highest BCUT2D eigenvalue weighted by molar-refractivity contribution is 4.98. The maximum atomic E-state index is 10.4. The first-order valence-electron chi connectivity index (χ1n) is 7.55. The quantitative estimate of drug-likeness (QED) is 0.655. The lowest BCUT2D eigenvalue weighted by Crippen LogP contribution is -2.52. The summed E-state index contributed by atoms with van der Waals surface area (Å²) in [6.45, 7) is 6.88. The van der Waals surface area contributed by atoms with E-state index >= 15 is 0 Å². The van der Waals surface area contributed by atoms with Crippen LogP contribution in [0.5, 0.6) is 0 Å². The molecule has 0 saturated carbocycles. The summed E-state index contributed by atoms with van der Waals surface area (Å²) >= 11 is 0. The van der Waals surface area contributed by atoms with Crippen LogP contribution in [0.2, 0.25) is 0 Å². The fourth-order valence-corrected chi connectivity index (χ4v) is 3.16. The van der Waals surface area contributed by atoms with Crippen LogP contribution in [0.25, 0.3) is 0 Å². The van der Waals surface area contributed by atoms with Gasteiger partial charge in [0.25, 0.3) is 0 Å². The molecule has 2 fully saturated rings. The molecule has 2 aliphatic rings. The molecule has 2 rings (SSSR count). The number of hydrogen-bond donors (Lipinski definition) is 3. The van der Waals surface area contributed by atoms with Gasteiger partial charge in [0, 0.05) is 12.6 Å². The second kappa shape index (κ2) is 6.99. The van der Waals surface area contributed by atoms with Crippen molar-refractivity contribution in [1.29, 1.82) is 0 Å². The molecular formula is C14H28N2O3. The maximum Gasteiger partial charge on any atom is 0.109 e. The number of aliphatic hydroxyl groups is 2. The lowest BCUT2D eigenvalue weighted by molar-refractivity contribution is -0.0216. The van der Waals surface area contributed by atoms with E-state index < -0.39 is 12.2 Å². The Kier molecular flexibility index (Phi) is 5.59. The summed E-state index contributed by atoms with van der Waals surface area (Å²) in [7, 11) is 0. The van der Waals surface area contributed by atoms with Gasteiger partial charge in [0.15, 0.2) is 0 Å². The van der Waals surface area contributed by atoms with Crippen molar-refractivity contribution in [2.45, 2.75) is 63.5 Å². The Balaban J connectivity index is 2.00. The van der Waals surface area contributed by atoms with Crippen molar-refractivity contribution in [3.05, 3.63) is 0 Å². The molecule has 0 aliphatic carbocycles. The number of piperidine rings is 1. The number of rotatable bonds is 5. The second-order valence-electron chi connectivity index (χ2n) is 6.04. The predicted octanol–water partition coefficient (Wildman–Crippen LogP) is -0.0405. The Hall–Kier alpha value is -0.200. The molecule has 0 unspecified atom stereocenters. The molecule has 0 radical (unpaired) electrons. The average molecular weight is 272 g/mol. The van der Waals surface area contributed by atoms with Gasteiger partial charge in [0.2, 0.25) is 0 Å². The molecule has 0 aromatic carbocycles. The van der Waals surface area contributed by atoms with E-state index in [9.17, 15) is 10.2 Å². The fraction of sp³-hybridized carbons (Fsp3) is 1.00. The van der Waals surface area contributed by atoms with Gasteiger partial charge < -0.3 is 20.3 Å². The van der Waals surface area contributed by atoms with Gasteiger partial charge in [0.1, 0.15) is 12.2 Å². The first-order valence-corrected chi connectivity index (χ1v) is 7.55. The van der Waals surface area contributed by atoms with Gasteiger partial charge >= 0.3 is 0 Å². The van der Waals surface area contributed by atoms with Crippen molar-refractivity contribution < 1.29 is 14.9 Å². The van der Waals surface area contributed by atoms with Crippen LogP contribution in [0, 0.1) is 0 Å². The summed E-state index contributed by atoms with van der Waals surface area (Å²) < 4.78 is 5.83. The second-order valence-corrected chi connectivity index (χ2v) is 6.04. The van der Waals surface area contributed by atoms with Crippen molar-refractivity contribution >= 4 is 0 Å². The summed E-state index contributed by atoms with van der Waals surface area (Å²) in [6.07, 6.45) is 2.60. The molecule has 5 heteroatoms. The van der Waals surface area contributed by atoms with E-state index in [4.69, 9.17) is 4.74 Å². The number of nitrogens with one attached hydrogen (secondary N) is 1. The Bertz CT molecular complexity index is 269. The van der Waals surface area contributed by atoms with Crippen LogP contribution in [0.3, 0.4) is 0 Å². The summed E-state index contributed by atoms with van der Waals surface area (Å²) in [5.74, 6) is 0. The van der Waals surface area contributed by atoms with Crippen molar-refractivity contribution in [1.82, 2.24) is 10.2 Å². The molecule has 4 atom stereocenters. The molecule has 5 nitrogen and oxygen atoms in total. The SMILES string of the molecule is CC(C)NC[C@H]1O[C@@H](CO)[C@@H](O)[C@H]1N1CCCCC1. The van der Waals surface area contributed by atoms with Crippen LogP contribution in [0.15, 0.2) is 0 Å². The summed E-state index contributed by atoms with van der Waals surface area (Å²) in [4.78, 5) is 2.34. The monoisotopic (exact) mass is 272 g/mol. The first kappa shape index (κ1) is 15.2. The Morgan fingerprint density at radius 3 is 2.47 bits per heavy atom. The minimum Gasteiger partial charge on any atom is -0.394 e. The predicted molar refractivity (Wildman–Crippen MR) is 74.1 cm³/mol. The number of likely N-dealkylation sites (tertiary alicyclic amines) is 1. The molecule has 0 aromatic rings. The number of hydrogen-bond acceptors (Lipinski definition) is 5. The molecule has 0 amide bonds. The van der Waals surface area contributed by atoms with Crippen LogP contribution in [0.1, 0.15) is 33.1 Å². The van der Waals surface area contributed by atoms with E-state index in [0.29, 0.717) is 6.04 Å². The van der Waals surface area contributed by atoms with Crippen molar-refractivity contribution in [3.63, 3.8) is 0 Å². The van der Waals surface area contributed by atoms with E-state index in [1.807, 2.05) is 0 Å². The molecule has 19 heavy (non-hydrogen) atoms. The highest BCUT2D eigenvalue weighted by Gasteiger charge is 2.46. The van der Waals surface area contributed by atoms with Crippen LogP contribution >= 0.6 is 0 Å². The van der Waals surface area contributed by atoms with Gasteiger partial charge in [-0.1, -0.05) is 20.3 Å². The van der Waals surface area contributed by atoms with Crippen LogP contribution in [-0.2, 0) is 4.74 Å². The molecule has 0 spiro atoms. The molecule has 2 saturated heterocycles. The third kappa shape index (κ3) is 3.67. The van der Waals surface area contributed by atoms with Gasteiger partial charge in [-0.2, -0.15) is 0 Å². The zero-order valence-corrected chi connectivity index (χ0v) is 12.1. The van der Waals surface area contributed by atoms with Gasteiger partial charge in [-0.05, 0) is 25.9 Å². The van der Waals surface area contributed by atoms with Crippen LogP contribution < -0.4 is 5.32 Å². The Morgan fingerprint density at radius 1 is 1.21 bits per heavy atom. The summed E-state index contributed by atoms with van der Waals surface area (Å²) in [6, 6.07) is 0.416. The van der Waals surface area contributed by atoms with Gasteiger partial charge in [-0.15, -0.1) is 0 Å². The first-order chi connectivity index (χ1) is 9.13. The molecule has 112 valence electrons. The zero-order valence-electron chi connectivity index (χ0n) is 12.1. The lowest BCUT2D eigenvalue weighted by atomic mass is 9.99. The third-order valence-electron chi connectivity index (χ3n) is 4.18. The fourth-order valence-electron chi connectivity index (χ4n) is 3.16.